The minimum atomic E-state index is 0.249. The van der Waals surface area contributed by atoms with Crippen LogP contribution in [-0.2, 0) is 4.79 Å². The molecule has 0 aromatic rings. The molecule has 0 radical (unpaired) electrons. The summed E-state index contributed by atoms with van der Waals surface area (Å²) in [7, 11) is 0. The summed E-state index contributed by atoms with van der Waals surface area (Å²) in [6.45, 7) is 5.19. The molecule has 0 aromatic heterocycles. The molecular formula is C14H26N2OS. The third-order valence-electron chi connectivity index (χ3n) is 4.35. The van der Waals surface area contributed by atoms with E-state index in [4.69, 9.17) is 0 Å². The molecule has 104 valence electrons. The van der Waals surface area contributed by atoms with E-state index >= 15 is 0 Å². The summed E-state index contributed by atoms with van der Waals surface area (Å²) in [4.78, 5) is 14.7. The predicted molar refractivity (Wildman–Crippen MR) is 78.0 cm³/mol. The molecule has 0 unspecified atom stereocenters. The summed E-state index contributed by atoms with van der Waals surface area (Å²) in [5.41, 5.74) is 0.249. The Morgan fingerprint density at radius 2 is 2.06 bits per heavy atom. The van der Waals surface area contributed by atoms with Crippen LogP contribution in [0.4, 0.5) is 0 Å². The summed E-state index contributed by atoms with van der Waals surface area (Å²) < 4.78 is 0. The van der Waals surface area contributed by atoms with E-state index in [1.807, 2.05) is 0 Å². The molecule has 1 N–H and O–H groups in total. The van der Waals surface area contributed by atoms with Crippen LogP contribution in [0.15, 0.2) is 0 Å². The molecule has 1 aliphatic carbocycles. The lowest BCUT2D eigenvalue weighted by atomic mass is 10.00. The highest BCUT2D eigenvalue weighted by Crippen LogP contribution is 2.50. The highest BCUT2D eigenvalue weighted by Gasteiger charge is 2.44. The van der Waals surface area contributed by atoms with Crippen molar-refractivity contribution in [1.29, 1.82) is 0 Å². The van der Waals surface area contributed by atoms with Crippen molar-refractivity contribution in [2.75, 3.05) is 25.4 Å². The van der Waals surface area contributed by atoms with Gasteiger partial charge in [-0.05, 0) is 56.4 Å². The summed E-state index contributed by atoms with van der Waals surface area (Å²) in [6, 6.07) is 0.467. The molecular weight excluding hydrogens is 244 g/mol. The molecule has 0 bridgehead atoms. The molecule has 4 heteroatoms. The van der Waals surface area contributed by atoms with E-state index < -0.39 is 0 Å². The first-order valence-electron chi connectivity index (χ1n) is 7.32. The fourth-order valence-electron chi connectivity index (χ4n) is 2.86. The molecule has 1 saturated carbocycles. The van der Waals surface area contributed by atoms with Gasteiger partial charge in [0.15, 0.2) is 0 Å². The number of amides is 1. The number of carbonyl (C=O) groups is 1. The predicted octanol–water partition coefficient (Wildman–Crippen LogP) is 2.08. The lowest BCUT2D eigenvalue weighted by Gasteiger charge is -2.35. The van der Waals surface area contributed by atoms with Crippen molar-refractivity contribution in [3.8, 4) is 0 Å². The fraction of sp³-hybridized carbons (Fsp3) is 0.929. The van der Waals surface area contributed by atoms with Crippen LogP contribution < -0.4 is 5.32 Å². The van der Waals surface area contributed by atoms with Crippen LogP contribution in [0.1, 0.15) is 45.4 Å². The standard InChI is InChI=1S/C14H26N2OS/c1-2-9-16(12-3-7-15-8-4-12)13(17)10-14(11-18)5-6-14/h12,15,18H,2-11H2,1H3. The molecule has 2 aliphatic rings. The van der Waals surface area contributed by atoms with Crippen molar-refractivity contribution in [3.05, 3.63) is 0 Å². The highest BCUT2D eigenvalue weighted by molar-refractivity contribution is 7.80. The average Bonchev–Trinajstić information content (AvgIpc) is 3.17. The van der Waals surface area contributed by atoms with Gasteiger partial charge in [-0.25, -0.2) is 0 Å². The van der Waals surface area contributed by atoms with E-state index in [0.29, 0.717) is 11.9 Å². The van der Waals surface area contributed by atoms with Gasteiger partial charge in [0, 0.05) is 19.0 Å². The normalized spacial score (nSPS) is 22.8. The Labute approximate surface area is 116 Å². The first kappa shape index (κ1) is 14.2. The van der Waals surface area contributed by atoms with Crippen molar-refractivity contribution in [1.82, 2.24) is 10.2 Å². The Bertz CT molecular complexity index is 286. The largest absolute Gasteiger partial charge is 0.340 e. The smallest absolute Gasteiger partial charge is 0.223 e. The molecule has 3 nitrogen and oxygen atoms in total. The number of carbonyl (C=O) groups excluding carboxylic acids is 1. The van der Waals surface area contributed by atoms with Crippen LogP contribution in [0.25, 0.3) is 0 Å². The average molecular weight is 270 g/mol. The van der Waals surface area contributed by atoms with Gasteiger partial charge in [-0.1, -0.05) is 6.92 Å². The number of nitrogens with zero attached hydrogens (tertiary/aromatic N) is 1. The topological polar surface area (TPSA) is 32.3 Å². The zero-order chi connectivity index (χ0) is 13.0. The summed E-state index contributed by atoms with van der Waals surface area (Å²) in [5, 5.41) is 3.37. The SMILES string of the molecule is CCCN(C(=O)CC1(CS)CC1)C1CCNCC1. The Hall–Kier alpha value is -0.220. The molecule has 18 heavy (non-hydrogen) atoms. The second kappa shape index (κ2) is 6.29. The third kappa shape index (κ3) is 3.41. The highest BCUT2D eigenvalue weighted by atomic mass is 32.1. The number of rotatable bonds is 6. The molecule has 0 atom stereocenters. The third-order valence-corrected chi connectivity index (χ3v) is 5.02. The van der Waals surface area contributed by atoms with Gasteiger partial charge in [-0.3, -0.25) is 4.79 Å². The van der Waals surface area contributed by atoms with Crippen molar-refractivity contribution in [2.24, 2.45) is 5.41 Å². The zero-order valence-electron chi connectivity index (χ0n) is 11.5. The zero-order valence-corrected chi connectivity index (χ0v) is 12.3. The quantitative estimate of drug-likeness (QED) is 0.724. The Morgan fingerprint density at radius 1 is 1.39 bits per heavy atom. The van der Waals surface area contributed by atoms with Crippen LogP contribution in [0.3, 0.4) is 0 Å². The Balaban J connectivity index is 1.93. The van der Waals surface area contributed by atoms with Gasteiger partial charge >= 0.3 is 0 Å². The van der Waals surface area contributed by atoms with Crippen molar-refractivity contribution < 1.29 is 4.79 Å². The summed E-state index contributed by atoms with van der Waals surface area (Å²) >= 11 is 4.41. The van der Waals surface area contributed by atoms with Gasteiger partial charge in [0.05, 0.1) is 0 Å². The Morgan fingerprint density at radius 3 is 2.56 bits per heavy atom. The van der Waals surface area contributed by atoms with Crippen LogP contribution in [-0.4, -0.2) is 42.2 Å². The number of hydrogen-bond donors (Lipinski definition) is 2. The Kier molecular flexibility index (Phi) is 4.96. The lowest BCUT2D eigenvalue weighted by molar-refractivity contribution is -0.135. The lowest BCUT2D eigenvalue weighted by Crippen LogP contribution is -2.47. The van der Waals surface area contributed by atoms with Crippen molar-refractivity contribution in [2.45, 2.75) is 51.5 Å². The van der Waals surface area contributed by atoms with Gasteiger partial charge < -0.3 is 10.2 Å². The second-order valence-electron chi connectivity index (χ2n) is 5.90. The van der Waals surface area contributed by atoms with Gasteiger partial charge in [-0.2, -0.15) is 12.6 Å². The minimum absolute atomic E-state index is 0.249. The van der Waals surface area contributed by atoms with E-state index in [1.165, 1.54) is 12.8 Å². The number of piperidine rings is 1. The van der Waals surface area contributed by atoms with E-state index in [2.05, 4.69) is 29.8 Å². The van der Waals surface area contributed by atoms with E-state index in [0.717, 1.165) is 51.1 Å². The summed E-state index contributed by atoms with van der Waals surface area (Å²) in [6.07, 6.45) is 6.38. The van der Waals surface area contributed by atoms with E-state index in [1.54, 1.807) is 0 Å². The second-order valence-corrected chi connectivity index (χ2v) is 6.22. The van der Waals surface area contributed by atoms with Crippen molar-refractivity contribution in [3.63, 3.8) is 0 Å². The van der Waals surface area contributed by atoms with Gasteiger partial charge in [-0.15, -0.1) is 0 Å². The molecule has 1 amide bonds. The molecule has 1 heterocycles. The van der Waals surface area contributed by atoms with E-state index in [-0.39, 0.29) is 5.41 Å². The maximum Gasteiger partial charge on any atom is 0.223 e. The monoisotopic (exact) mass is 270 g/mol. The van der Waals surface area contributed by atoms with Gasteiger partial charge in [0.25, 0.3) is 0 Å². The molecule has 1 aliphatic heterocycles. The number of thiol groups is 1. The first-order chi connectivity index (χ1) is 8.71. The fourth-order valence-corrected chi connectivity index (χ4v) is 3.29. The van der Waals surface area contributed by atoms with Crippen LogP contribution >= 0.6 is 12.6 Å². The van der Waals surface area contributed by atoms with Gasteiger partial charge in [0.2, 0.25) is 5.91 Å². The van der Waals surface area contributed by atoms with Crippen LogP contribution in [0.5, 0.6) is 0 Å². The van der Waals surface area contributed by atoms with Crippen molar-refractivity contribution >= 4 is 18.5 Å². The maximum atomic E-state index is 12.5. The summed E-state index contributed by atoms with van der Waals surface area (Å²) in [5.74, 6) is 1.24. The molecule has 2 rings (SSSR count). The molecule has 1 saturated heterocycles. The molecule has 0 aromatic carbocycles. The van der Waals surface area contributed by atoms with Crippen LogP contribution in [0, 0.1) is 5.41 Å². The number of nitrogens with one attached hydrogen (secondary N) is 1. The maximum absolute atomic E-state index is 12.5. The number of hydrogen-bond acceptors (Lipinski definition) is 3. The van der Waals surface area contributed by atoms with Gasteiger partial charge in [0.1, 0.15) is 0 Å². The molecule has 2 fully saturated rings. The van der Waals surface area contributed by atoms with Crippen LogP contribution in [0.2, 0.25) is 0 Å². The first-order valence-corrected chi connectivity index (χ1v) is 7.95. The molecule has 0 spiro atoms. The van der Waals surface area contributed by atoms with E-state index in [9.17, 15) is 4.79 Å². The minimum Gasteiger partial charge on any atom is -0.340 e.